The van der Waals surface area contributed by atoms with Crippen molar-refractivity contribution in [2.45, 2.75) is 11.6 Å². The molecule has 0 saturated heterocycles. The number of ether oxygens (including phenoxy) is 1. The molecular formula is C16H17ClN2O2S. The van der Waals surface area contributed by atoms with Crippen LogP contribution in [0.1, 0.15) is 5.56 Å². The molecule has 0 fully saturated rings. The van der Waals surface area contributed by atoms with Gasteiger partial charge in [-0.3, -0.25) is 4.79 Å². The van der Waals surface area contributed by atoms with Gasteiger partial charge in [-0.25, -0.2) is 4.98 Å². The first kappa shape index (κ1) is 16.6. The van der Waals surface area contributed by atoms with Crippen molar-refractivity contribution in [1.82, 2.24) is 9.88 Å². The summed E-state index contributed by atoms with van der Waals surface area (Å²) < 4.78 is 5.30. The van der Waals surface area contributed by atoms with Gasteiger partial charge >= 0.3 is 0 Å². The maximum absolute atomic E-state index is 12.2. The van der Waals surface area contributed by atoms with E-state index < -0.39 is 0 Å². The summed E-state index contributed by atoms with van der Waals surface area (Å²) in [4.78, 5) is 18.1. The van der Waals surface area contributed by atoms with Crippen molar-refractivity contribution in [3.8, 4) is 5.75 Å². The lowest BCUT2D eigenvalue weighted by Crippen LogP contribution is -2.28. The molecule has 0 atom stereocenters. The molecule has 22 heavy (non-hydrogen) atoms. The number of carbonyl (C=O) groups excluding carboxylic acids is 1. The first-order valence-electron chi connectivity index (χ1n) is 6.71. The molecule has 1 amide bonds. The number of nitrogens with zero attached hydrogens (tertiary/aromatic N) is 2. The topological polar surface area (TPSA) is 42.4 Å². The molecular weight excluding hydrogens is 320 g/mol. The summed E-state index contributed by atoms with van der Waals surface area (Å²) in [6.07, 6.45) is 1.66. The number of amides is 1. The van der Waals surface area contributed by atoms with Crippen LogP contribution in [0.2, 0.25) is 5.02 Å². The fraction of sp³-hybridized carbons (Fsp3) is 0.250. The van der Waals surface area contributed by atoms with E-state index in [1.807, 2.05) is 24.3 Å². The number of benzene rings is 1. The molecule has 1 heterocycles. The standard InChI is InChI=1S/C16H17ClN2O2S/c1-19(10-12-6-3-4-8-14(12)21-2)15(20)11-22-16-13(17)7-5-9-18-16/h3-9H,10-11H2,1-2H3. The summed E-state index contributed by atoms with van der Waals surface area (Å²) in [5.74, 6) is 1.09. The smallest absolute Gasteiger partial charge is 0.233 e. The number of pyridine rings is 1. The Morgan fingerprint density at radius 3 is 2.82 bits per heavy atom. The molecule has 0 unspecified atom stereocenters. The molecule has 2 aromatic rings. The minimum atomic E-state index is 0.0117. The zero-order valence-corrected chi connectivity index (χ0v) is 14.0. The summed E-state index contributed by atoms with van der Waals surface area (Å²) in [7, 11) is 3.40. The normalized spacial score (nSPS) is 10.3. The van der Waals surface area contributed by atoms with Crippen LogP contribution in [0.25, 0.3) is 0 Å². The van der Waals surface area contributed by atoms with E-state index in [-0.39, 0.29) is 5.91 Å². The summed E-state index contributed by atoms with van der Waals surface area (Å²) in [5, 5.41) is 1.23. The van der Waals surface area contributed by atoms with Gasteiger partial charge in [-0.1, -0.05) is 41.6 Å². The van der Waals surface area contributed by atoms with Crippen molar-refractivity contribution in [1.29, 1.82) is 0 Å². The Kier molecular flexibility index (Phi) is 6.10. The van der Waals surface area contributed by atoms with Crippen LogP contribution in [0.3, 0.4) is 0 Å². The van der Waals surface area contributed by atoms with Gasteiger partial charge in [0.2, 0.25) is 5.91 Å². The molecule has 1 aromatic heterocycles. The molecule has 4 nitrogen and oxygen atoms in total. The molecule has 0 aliphatic heterocycles. The summed E-state index contributed by atoms with van der Waals surface area (Å²) in [5.41, 5.74) is 0.974. The number of thioether (sulfide) groups is 1. The Hall–Kier alpha value is -1.72. The fourth-order valence-electron chi connectivity index (χ4n) is 1.89. The average molecular weight is 337 g/mol. The quantitative estimate of drug-likeness (QED) is 0.757. The highest BCUT2D eigenvalue weighted by Gasteiger charge is 2.13. The molecule has 0 radical (unpaired) electrons. The van der Waals surface area contributed by atoms with Crippen molar-refractivity contribution >= 4 is 29.3 Å². The number of hydrogen-bond donors (Lipinski definition) is 0. The largest absolute Gasteiger partial charge is 0.496 e. The highest BCUT2D eigenvalue weighted by atomic mass is 35.5. The molecule has 0 saturated carbocycles. The second-order valence-corrected chi connectivity index (χ2v) is 6.01. The van der Waals surface area contributed by atoms with Gasteiger partial charge in [0.15, 0.2) is 0 Å². The number of methoxy groups -OCH3 is 1. The maximum atomic E-state index is 12.2. The van der Waals surface area contributed by atoms with Crippen LogP contribution in [0.15, 0.2) is 47.6 Å². The van der Waals surface area contributed by atoms with Gasteiger partial charge in [-0.05, 0) is 18.2 Å². The van der Waals surface area contributed by atoms with Gasteiger partial charge in [0.25, 0.3) is 0 Å². The molecule has 0 bridgehead atoms. The number of halogens is 1. The Balaban J connectivity index is 1.94. The van der Waals surface area contributed by atoms with Crippen LogP contribution >= 0.6 is 23.4 Å². The maximum Gasteiger partial charge on any atom is 0.233 e. The third-order valence-corrected chi connectivity index (χ3v) is 4.49. The van der Waals surface area contributed by atoms with E-state index in [9.17, 15) is 4.79 Å². The molecule has 0 aliphatic rings. The Morgan fingerprint density at radius 2 is 2.09 bits per heavy atom. The molecule has 6 heteroatoms. The monoisotopic (exact) mass is 336 g/mol. The minimum Gasteiger partial charge on any atom is -0.496 e. The summed E-state index contributed by atoms with van der Waals surface area (Å²) >= 11 is 7.37. The van der Waals surface area contributed by atoms with E-state index in [2.05, 4.69) is 4.98 Å². The Labute approximate surface area is 139 Å². The van der Waals surface area contributed by atoms with Crippen molar-refractivity contribution in [2.75, 3.05) is 19.9 Å². The third kappa shape index (κ3) is 4.39. The lowest BCUT2D eigenvalue weighted by atomic mass is 10.2. The van der Waals surface area contributed by atoms with Crippen LogP contribution in [0, 0.1) is 0 Å². The van der Waals surface area contributed by atoms with Crippen LogP contribution in [0.5, 0.6) is 5.75 Å². The van der Waals surface area contributed by atoms with E-state index in [1.165, 1.54) is 11.8 Å². The molecule has 0 spiro atoms. The summed E-state index contributed by atoms with van der Waals surface area (Å²) in [6, 6.07) is 11.2. The molecule has 2 rings (SSSR count). The van der Waals surface area contributed by atoms with Crippen molar-refractivity contribution in [2.24, 2.45) is 0 Å². The van der Waals surface area contributed by atoms with E-state index in [0.29, 0.717) is 22.3 Å². The van der Waals surface area contributed by atoms with Gasteiger partial charge in [-0.2, -0.15) is 0 Å². The SMILES string of the molecule is COc1ccccc1CN(C)C(=O)CSc1ncccc1Cl. The van der Waals surface area contributed by atoms with E-state index >= 15 is 0 Å². The predicted octanol–water partition coefficient (Wildman–Crippen LogP) is 3.49. The number of carbonyl (C=O) groups is 1. The van der Waals surface area contributed by atoms with Gasteiger partial charge in [0.05, 0.1) is 17.9 Å². The van der Waals surface area contributed by atoms with Crippen LogP contribution in [-0.4, -0.2) is 35.7 Å². The zero-order valence-electron chi connectivity index (χ0n) is 12.5. The van der Waals surface area contributed by atoms with Crippen LogP contribution in [-0.2, 0) is 11.3 Å². The summed E-state index contributed by atoms with van der Waals surface area (Å²) in [6.45, 7) is 0.499. The van der Waals surface area contributed by atoms with Crippen LogP contribution < -0.4 is 4.74 Å². The van der Waals surface area contributed by atoms with Crippen molar-refractivity contribution in [3.05, 3.63) is 53.2 Å². The number of rotatable bonds is 6. The third-order valence-electron chi connectivity index (χ3n) is 3.08. The van der Waals surface area contributed by atoms with Crippen molar-refractivity contribution in [3.63, 3.8) is 0 Å². The number of para-hydroxylation sites is 1. The molecule has 0 aliphatic carbocycles. The highest BCUT2D eigenvalue weighted by molar-refractivity contribution is 8.00. The second-order valence-electron chi connectivity index (χ2n) is 4.64. The van der Waals surface area contributed by atoms with E-state index in [4.69, 9.17) is 16.3 Å². The van der Waals surface area contributed by atoms with Crippen LogP contribution in [0.4, 0.5) is 0 Å². The fourth-order valence-corrected chi connectivity index (χ4v) is 3.00. The first-order chi connectivity index (χ1) is 10.6. The lowest BCUT2D eigenvalue weighted by molar-refractivity contribution is -0.127. The highest BCUT2D eigenvalue weighted by Crippen LogP contribution is 2.24. The van der Waals surface area contributed by atoms with E-state index in [0.717, 1.165) is 11.3 Å². The van der Waals surface area contributed by atoms with Gasteiger partial charge in [0, 0.05) is 25.4 Å². The molecule has 0 N–H and O–H groups in total. The first-order valence-corrected chi connectivity index (χ1v) is 8.07. The van der Waals surface area contributed by atoms with Gasteiger partial charge < -0.3 is 9.64 Å². The zero-order chi connectivity index (χ0) is 15.9. The number of hydrogen-bond acceptors (Lipinski definition) is 4. The predicted molar refractivity (Wildman–Crippen MR) is 89.4 cm³/mol. The molecule has 116 valence electrons. The minimum absolute atomic E-state index is 0.0117. The molecule has 1 aromatic carbocycles. The Morgan fingerprint density at radius 1 is 1.32 bits per heavy atom. The average Bonchev–Trinajstić information content (AvgIpc) is 2.54. The number of aromatic nitrogens is 1. The lowest BCUT2D eigenvalue weighted by Gasteiger charge is -2.18. The second kappa shape index (κ2) is 8.06. The van der Waals surface area contributed by atoms with Gasteiger partial charge in [-0.15, -0.1) is 0 Å². The Bertz CT molecular complexity index is 652. The van der Waals surface area contributed by atoms with E-state index in [1.54, 1.807) is 37.4 Å². The van der Waals surface area contributed by atoms with Gasteiger partial charge in [0.1, 0.15) is 10.8 Å². The van der Waals surface area contributed by atoms with Crippen molar-refractivity contribution < 1.29 is 9.53 Å².